The third-order valence-electron chi connectivity index (χ3n) is 5.62. The minimum absolute atomic E-state index is 1.05. The van der Waals surface area contributed by atoms with Crippen molar-refractivity contribution in [2.45, 2.75) is 67.2 Å². The van der Waals surface area contributed by atoms with Crippen LogP contribution in [0.25, 0.3) is 0 Å². The van der Waals surface area contributed by atoms with Crippen molar-refractivity contribution in [1.82, 2.24) is 0 Å². The molecule has 0 heterocycles. The molecule has 29 heavy (non-hydrogen) atoms. The van der Waals surface area contributed by atoms with Gasteiger partial charge in [-0.2, -0.15) is 0 Å². The smallest absolute Gasteiger partial charge is 0.140 e. The van der Waals surface area contributed by atoms with Crippen LogP contribution in [0.4, 0.5) is 0 Å². The highest BCUT2D eigenvalue weighted by Gasteiger charge is 2.27. The summed E-state index contributed by atoms with van der Waals surface area (Å²) in [5.74, 6) is 0. The van der Waals surface area contributed by atoms with Crippen LogP contribution in [-0.4, -0.2) is 7.95 Å². The van der Waals surface area contributed by atoms with Gasteiger partial charge in [0, 0.05) is 4.90 Å². The molecular weight excluding hydrogens is 384 g/mol. The second-order valence-electron chi connectivity index (χ2n) is 8.71. The summed E-state index contributed by atoms with van der Waals surface area (Å²) in [6.45, 7) is 20.4. The standard InChI is InChI=1S/C27H33SSi/c1-16-10-19(4)25(20(5)11-16)28-29(26-21(6)12-17(2)13-22(26)7)27-23(8)14-18(3)15-24(27)9/h10-15H,1-9H3. The van der Waals surface area contributed by atoms with Crippen LogP contribution < -0.4 is 10.4 Å². The van der Waals surface area contributed by atoms with Crippen LogP contribution >= 0.6 is 11.2 Å². The predicted molar refractivity (Wildman–Crippen MR) is 133 cm³/mol. The number of aryl methyl sites for hydroxylation is 9. The largest absolute Gasteiger partial charge is 0.197 e. The number of hydrogen-bond acceptors (Lipinski definition) is 1. The van der Waals surface area contributed by atoms with E-state index in [4.69, 9.17) is 0 Å². The van der Waals surface area contributed by atoms with Crippen LogP contribution in [0.2, 0.25) is 0 Å². The molecule has 0 aliphatic rings. The Labute approximate surface area is 183 Å². The van der Waals surface area contributed by atoms with Gasteiger partial charge in [0.1, 0.15) is 0 Å². The summed E-state index contributed by atoms with van der Waals surface area (Å²) >= 11 is 2.13. The second kappa shape index (κ2) is 8.53. The van der Waals surface area contributed by atoms with E-state index in [1.54, 1.807) is 10.4 Å². The fraction of sp³-hybridized carbons (Fsp3) is 0.333. The Bertz CT molecular complexity index is 951. The van der Waals surface area contributed by atoms with Gasteiger partial charge in [0.2, 0.25) is 0 Å². The zero-order valence-electron chi connectivity index (χ0n) is 19.4. The summed E-state index contributed by atoms with van der Waals surface area (Å²) in [6.07, 6.45) is 0. The molecule has 1 radical (unpaired) electrons. The third-order valence-corrected chi connectivity index (χ3v) is 11.6. The first-order valence-electron chi connectivity index (χ1n) is 10.4. The lowest BCUT2D eigenvalue weighted by molar-refractivity contribution is 1.19. The fourth-order valence-electron chi connectivity index (χ4n) is 4.73. The summed E-state index contributed by atoms with van der Waals surface area (Å²) in [5.41, 5.74) is 12.6. The Hall–Kier alpha value is -1.77. The van der Waals surface area contributed by atoms with Gasteiger partial charge in [-0.05, 0) is 83.8 Å². The highest BCUT2D eigenvalue weighted by Crippen LogP contribution is 2.31. The van der Waals surface area contributed by atoms with Crippen LogP contribution in [-0.2, 0) is 0 Å². The molecule has 0 bridgehead atoms. The molecule has 0 spiro atoms. The monoisotopic (exact) mass is 417 g/mol. The van der Waals surface area contributed by atoms with Crippen molar-refractivity contribution >= 4 is 29.5 Å². The van der Waals surface area contributed by atoms with Gasteiger partial charge in [-0.3, -0.25) is 0 Å². The second-order valence-corrected chi connectivity index (χ2v) is 12.8. The minimum Gasteiger partial charge on any atom is -0.140 e. The van der Waals surface area contributed by atoms with Crippen LogP contribution in [0.15, 0.2) is 41.3 Å². The van der Waals surface area contributed by atoms with Crippen LogP contribution in [0.3, 0.4) is 0 Å². The van der Waals surface area contributed by atoms with Crippen LogP contribution in [0.1, 0.15) is 50.1 Å². The van der Waals surface area contributed by atoms with E-state index in [1.165, 1.54) is 55.0 Å². The quantitative estimate of drug-likeness (QED) is 0.445. The molecule has 2 heteroatoms. The highest BCUT2D eigenvalue weighted by atomic mass is 32.4. The van der Waals surface area contributed by atoms with E-state index in [2.05, 4.69) is 110 Å². The van der Waals surface area contributed by atoms with Gasteiger partial charge in [-0.25, -0.2) is 0 Å². The van der Waals surface area contributed by atoms with Crippen molar-refractivity contribution in [3.8, 4) is 0 Å². The molecule has 0 saturated heterocycles. The maximum atomic E-state index is 2.36. The maximum Gasteiger partial charge on any atom is 0.197 e. The fourth-order valence-corrected chi connectivity index (χ4v) is 11.7. The van der Waals surface area contributed by atoms with E-state index in [0.29, 0.717) is 0 Å². The van der Waals surface area contributed by atoms with Gasteiger partial charge >= 0.3 is 0 Å². The molecule has 0 amide bonds. The first-order chi connectivity index (χ1) is 13.6. The Morgan fingerprint density at radius 3 is 1.03 bits per heavy atom. The molecular formula is C27H33SSi. The minimum atomic E-state index is -1.05. The zero-order chi connectivity index (χ0) is 21.5. The molecule has 0 unspecified atom stereocenters. The van der Waals surface area contributed by atoms with E-state index >= 15 is 0 Å². The predicted octanol–water partition coefficient (Wildman–Crippen LogP) is 6.36. The first-order valence-corrected chi connectivity index (χ1v) is 13.4. The molecule has 3 aromatic rings. The Morgan fingerprint density at radius 1 is 0.448 bits per heavy atom. The Kier molecular flexibility index (Phi) is 6.45. The summed E-state index contributed by atoms with van der Waals surface area (Å²) in [6, 6.07) is 14.1. The summed E-state index contributed by atoms with van der Waals surface area (Å²) in [5, 5.41) is 3.14. The average Bonchev–Trinajstić information content (AvgIpc) is 2.55. The van der Waals surface area contributed by atoms with E-state index in [-0.39, 0.29) is 0 Å². The molecule has 3 aromatic carbocycles. The van der Waals surface area contributed by atoms with E-state index in [1.807, 2.05) is 0 Å². The molecule has 0 aromatic heterocycles. The molecule has 0 fully saturated rings. The Balaban J connectivity index is 2.27. The topological polar surface area (TPSA) is 0 Å². The molecule has 0 nitrogen and oxygen atoms in total. The number of rotatable bonds is 4. The van der Waals surface area contributed by atoms with Crippen molar-refractivity contribution < 1.29 is 0 Å². The van der Waals surface area contributed by atoms with Crippen molar-refractivity contribution in [1.29, 1.82) is 0 Å². The van der Waals surface area contributed by atoms with Gasteiger partial charge in [0.15, 0.2) is 7.95 Å². The van der Waals surface area contributed by atoms with E-state index in [9.17, 15) is 0 Å². The molecule has 0 aliphatic carbocycles. The lowest BCUT2D eigenvalue weighted by atomic mass is 10.1. The van der Waals surface area contributed by atoms with E-state index < -0.39 is 7.95 Å². The number of hydrogen-bond donors (Lipinski definition) is 0. The maximum absolute atomic E-state index is 2.36. The van der Waals surface area contributed by atoms with Gasteiger partial charge in [-0.15, -0.1) is 11.2 Å². The van der Waals surface area contributed by atoms with Crippen molar-refractivity contribution in [3.05, 3.63) is 86.5 Å². The third kappa shape index (κ3) is 4.54. The van der Waals surface area contributed by atoms with Crippen molar-refractivity contribution in [3.63, 3.8) is 0 Å². The molecule has 151 valence electrons. The lowest BCUT2D eigenvalue weighted by Crippen LogP contribution is -2.45. The van der Waals surface area contributed by atoms with Crippen molar-refractivity contribution in [2.75, 3.05) is 0 Å². The molecule has 3 rings (SSSR count). The van der Waals surface area contributed by atoms with Gasteiger partial charge in [-0.1, -0.05) is 75.3 Å². The van der Waals surface area contributed by atoms with Gasteiger partial charge < -0.3 is 0 Å². The number of benzene rings is 3. The normalized spacial score (nSPS) is 11.4. The zero-order valence-corrected chi connectivity index (χ0v) is 21.2. The Morgan fingerprint density at radius 2 is 0.724 bits per heavy atom. The molecule has 0 saturated carbocycles. The summed E-state index contributed by atoms with van der Waals surface area (Å²) in [7, 11) is -1.05. The SMILES string of the molecule is Cc1cc(C)c(S[Si](c2c(C)cc(C)cc2C)c2c(C)cc(C)cc2C)c(C)c1. The molecule has 0 aliphatic heterocycles. The van der Waals surface area contributed by atoms with Gasteiger partial charge in [0.25, 0.3) is 0 Å². The first kappa shape index (κ1) is 21.9. The molecule has 0 atom stereocenters. The van der Waals surface area contributed by atoms with E-state index in [0.717, 1.165) is 0 Å². The summed E-state index contributed by atoms with van der Waals surface area (Å²) in [4.78, 5) is 1.46. The van der Waals surface area contributed by atoms with Gasteiger partial charge in [0.05, 0.1) is 0 Å². The lowest BCUT2D eigenvalue weighted by Gasteiger charge is -2.25. The highest BCUT2D eigenvalue weighted by molar-refractivity contribution is 8.28. The average molecular weight is 418 g/mol. The van der Waals surface area contributed by atoms with Crippen LogP contribution in [0, 0.1) is 62.3 Å². The molecule has 0 N–H and O–H groups in total. The van der Waals surface area contributed by atoms with Crippen LogP contribution in [0.5, 0.6) is 0 Å². The van der Waals surface area contributed by atoms with Crippen molar-refractivity contribution in [2.24, 2.45) is 0 Å². The summed E-state index contributed by atoms with van der Waals surface area (Å²) < 4.78 is 0.